The maximum absolute atomic E-state index is 12.5. The highest BCUT2D eigenvalue weighted by molar-refractivity contribution is 7.80. The van der Waals surface area contributed by atoms with Gasteiger partial charge in [0.1, 0.15) is 0 Å². The van der Waals surface area contributed by atoms with Gasteiger partial charge in [-0.05, 0) is 73.8 Å². The third kappa shape index (κ3) is 6.80. The lowest BCUT2D eigenvalue weighted by atomic mass is 10.1. The molecule has 1 aromatic carbocycles. The number of benzene rings is 1. The van der Waals surface area contributed by atoms with E-state index in [0.29, 0.717) is 23.8 Å². The summed E-state index contributed by atoms with van der Waals surface area (Å²) in [7, 11) is 0. The molecule has 1 aromatic heterocycles. The van der Waals surface area contributed by atoms with Crippen LogP contribution in [0.5, 0.6) is 0 Å². The van der Waals surface area contributed by atoms with Crippen LogP contribution in [0.15, 0.2) is 29.1 Å². The Bertz CT molecular complexity index is 848. The fraction of sp³-hybridized carbons (Fsp3) is 0.545. The molecule has 0 fully saturated rings. The van der Waals surface area contributed by atoms with Gasteiger partial charge in [-0.1, -0.05) is 26.8 Å². The number of fused-ring (bicyclic) bond motifs is 1. The van der Waals surface area contributed by atoms with Crippen LogP contribution in [-0.4, -0.2) is 64.3 Å². The first-order valence-corrected chi connectivity index (χ1v) is 10.9. The van der Waals surface area contributed by atoms with Crippen LogP contribution in [0.1, 0.15) is 38.3 Å². The maximum Gasteiger partial charge on any atom is 0.253 e. The molecule has 2 aromatic rings. The molecule has 0 bridgehead atoms. The van der Waals surface area contributed by atoms with Gasteiger partial charge in [-0.3, -0.25) is 4.79 Å². The van der Waals surface area contributed by atoms with Crippen LogP contribution in [-0.2, 0) is 13.0 Å². The summed E-state index contributed by atoms with van der Waals surface area (Å²) in [5.41, 5.74) is 2.59. The smallest absolute Gasteiger partial charge is 0.253 e. The predicted octanol–water partition coefficient (Wildman–Crippen LogP) is 2.49. The molecule has 0 amide bonds. The summed E-state index contributed by atoms with van der Waals surface area (Å²) in [4.78, 5) is 19.7. The predicted molar refractivity (Wildman–Crippen MR) is 124 cm³/mol. The second-order valence-electron chi connectivity index (χ2n) is 7.16. The lowest BCUT2D eigenvalue weighted by Gasteiger charge is -2.25. The number of aromatic amines is 1. The number of hydrogen-bond donors (Lipinski definition) is 3. The molecule has 0 aliphatic heterocycles. The minimum Gasteiger partial charge on any atom is -0.395 e. The van der Waals surface area contributed by atoms with Gasteiger partial charge >= 0.3 is 0 Å². The van der Waals surface area contributed by atoms with Gasteiger partial charge in [0.05, 0.1) is 13.2 Å². The molecule has 0 unspecified atom stereocenters. The Hall–Kier alpha value is -1.96. The second kappa shape index (κ2) is 11.9. The van der Waals surface area contributed by atoms with E-state index in [1.54, 1.807) is 0 Å². The van der Waals surface area contributed by atoms with Crippen molar-refractivity contribution < 1.29 is 5.11 Å². The second-order valence-corrected chi connectivity index (χ2v) is 7.54. The summed E-state index contributed by atoms with van der Waals surface area (Å²) in [5.74, 6) is 0. The Morgan fingerprint density at radius 1 is 1.17 bits per heavy atom. The van der Waals surface area contributed by atoms with E-state index in [0.717, 1.165) is 49.9 Å². The summed E-state index contributed by atoms with van der Waals surface area (Å²) in [6, 6.07) is 8.02. The van der Waals surface area contributed by atoms with Crippen LogP contribution in [0.4, 0.5) is 0 Å². The lowest BCUT2D eigenvalue weighted by Crippen LogP contribution is -2.42. The van der Waals surface area contributed by atoms with Gasteiger partial charge in [-0.15, -0.1) is 0 Å². The van der Waals surface area contributed by atoms with E-state index >= 15 is 0 Å². The van der Waals surface area contributed by atoms with E-state index in [-0.39, 0.29) is 12.2 Å². The molecule has 0 aliphatic rings. The number of aromatic nitrogens is 1. The highest BCUT2D eigenvalue weighted by Crippen LogP contribution is 2.15. The van der Waals surface area contributed by atoms with Crippen molar-refractivity contribution in [3.05, 3.63) is 45.7 Å². The molecular weight excluding hydrogens is 384 g/mol. The van der Waals surface area contributed by atoms with Gasteiger partial charge in [0.25, 0.3) is 5.56 Å². The van der Waals surface area contributed by atoms with Gasteiger partial charge in [0.15, 0.2) is 5.11 Å². The van der Waals surface area contributed by atoms with Crippen LogP contribution in [0, 0.1) is 0 Å². The monoisotopic (exact) mass is 418 g/mol. The number of aryl methyl sites for hydroxylation is 1. The summed E-state index contributed by atoms with van der Waals surface area (Å²) in [6.07, 6.45) is 1.94. The molecule has 0 saturated heterocycles. The molecule has 7 heteroatoms. The molecule has 0 saturated carbocycles. The number of aliphatic hydroxyl groups is 1. The zero-order chi connectivity index (χ0) is 21.2. The van der Waals surface area contributed by atoms with Crippen LogP contribution in [0.25, 0.3) is 10.9 Å². The molecule has 29 heavy (non-hydrogen) atoms. The fourth-order valence-corrected chi connectivity index (χ4v) is 3.62. The average Bonchev–Trinajstić information content (AvgIpc) is 2.73. The minimum atomic E-state index is -0.117. The van der Waals surface area contributed by atoms with Crippen molar-refractivity contribution in [1.82, 2.24) is 20.1 Å². The largest absolute Gasteiger partial charge is 0.395 e. The first-order chi connectivity index (χ1) is 14.0. The number of nitrogens with one attached hydrogen (secondary N) is 2. The SMILES string of the molecule is CCc1ccc2[nH]c(=O)c(CN(CCO)C(=S)NCCCN(CC)CC)cc2c1. The average molecular weight is 419 g/mol. The third-order valence-corrected chi connectivity index (χ3v) is 5.64. The quantitative estimate of drug-likeness (QED) is 0.385. The number of thiocarbonyl (C=S) groups is 1. The fourth-order valence-electron chi connectivity index (χ4n) is 3.37. The summed E-state index contributed by atoms with van der Waals surface area (Å²) >= 11 is 5.53. The van der Waals surface area contributed by atoms with Crippen molar-refractivity contribution >= 4 is 28.2 Å². The van der Waals surface area contributed by atoms with Gasteiger partial charge in [-0.2, -0.15) is 0 Å². The Morgan fingerprint density at radius 3 is 2.59 bits per heavy atom. The van der Waals surface area contributed by atoms with Crippen molar-refractivity contribution in [2.75, 3.05) is 39.3 Å². The van der Waals surface area contributed by atoms with Crippen LogP contribution in [0.3, 0.4) is 0 Å². The first-order valence-electron chi connectivity index (χ1n) is 10.5. The number of hydrogen-bond acceptors (Lipinski definition) is 4. The van der Waals surface area contributed by atoms with E-state index in [1.807, 2.05) is 23.1 Å². The standard InChI is InChI=1S/C22H34N4O2S/c1-4-17-8-9-20-18(14-17)15-19(21(28)24-20)16-26(12-13-27)22(29)23-10-7-11-25(5-2)6-3/h8-9,14-15,27H,4-7,10-13,16H2,1-3H3,(H,23,29)(H,24,28). The van der Waals surface area contributed by atoms with E-state index in [1.165, 1.54) is 5.56 Å². The topological polar surface area (TPSA) is 71.6 Å². The highest BCUT2D eigenvalue weighted by Gasteiger charge is 2.13. The summed E-state index contributed by atoms with van der Waals surface area (Å²) in [5, 5.41) is 14.3. The molecule has 0 aliphatic carbocycles. The zero-order valence-electron chi connectivity index (χ0n) is 17.8. The molecule has 2 rings (SSSR count). The van der Waals surface area contributed by atoms with E-state index < -0.39 is 0 Å². The van der Waals surface area contributed by atoms with Gasteiger partial charge in [-0.25, -0.2) is 0 Å². The Labute approximate surface area is 178 Å². The maximum atomic E-state index is 12.5. The number of pyridine rings is 1. The van der Waals surface area contributed by atoms with E-state index in [4.69, 9.17) is 12.2 Å². The Balaban J connectivity index is 2.06. The van der Waals surface area contributed by atoms with Crippen molar-refractivity contribution in [2.45, 2.75) is 40.2 Å². The molecule has 0 atom stereocenters. The van der Waals surface area contributed by atoms with Crippen LogP contribution >= 0.6 is 12.2 Å². The van der Waals surface area contributed by atoms with Crippen molar-refractivity contribution in [3.8, 4) is 0 Å². The number of rotatable bonds is 11. The highest BCUT2D eigenvalue weighted by atomic mass is 32.1. The van der Waals surface area contributed by atoms with Gasteiger partial charge in [0.2, 0.25) is 0 Å². The van der Waals surface area contributed by atoms with Gasteiger partial charge in [0, 0.05) is 24.2 Å². The normalized spacial score (nSPS) is 11.2. The molecule has 6 nitrogen and oxygen atoms in total. The third-order valence-electron chi connectivity index (χ3n) is 5.23. The minimum absolute atomic E-state index is 0.0211. The van der Waals surface area contributed by atoms with Crippen molar-refractivity contribution in [2.24, 2.45) is 0 Å². The Morgan fingerprint density at radius 2 is 1.93 bits per heavy atom. The van der Waals surface area contributed by atoms with Crippen molar-refractivity contribution in [1.29, 1.82) is 0 Å². The van der Waals surface area contributed by atoms with E-state index in [9.17, 15) is 9.90 Å². The van der Waals surface area contributed by atoms with Crippen LogP contribution < -0.4 is 10.9 Å². The number of aliphatic hydroxyl groups excluding tert-OH is 1. The molecule has 160 valence electrons. The molecule has 3 N–H and O–H groups in total. The van der Waals surface area contributed by atoms with Gasteiger partial charge < -0.3 is 25.2 Å². The van der Waals surface area contributed by atoms with Crippen LogP contribution in [0.2, 0.25) is 0 Å². The van der Waals surface area contributed by atoms with Crippen molar-refractivity contribution in [3.63, 3.8) is 0 Å². The first kappa shape index (κ1) is 23.3. The molecule has 0 spiro atoms. The lowest BCUT2D eigenvalue weighted by molar-refractivity contribution is 0.244. The zero-order valence-corrected chi connectivity index (χ0v) is 18.6. The summed E-state index contributed by atoms with van der Waals surface area (Å²) in [6.45, 7) is 11.0. The number of nitrogens with zero attached hydrogens (tertiary/aromatic N) is 2. The molecule has 1 heterocycles. The Kier molecular flexibility index (Phi) is 9.57. The molecule has 0 radical (unpaired) electrons. The summed E-state index contributed by atoms with van der Waals surface area (Å²) < 4.78 is 0. The molecular formula is C22H34N4O2S. The van der Waals surface area contributed by atoms with E-state index in [2.05, 4.69) is 42.0 Å². The number of H-pyrrole nitrogens is 1.